The van der Waals surface area contributed by atoms with Crippen molar-refractivity contribution < 1.29 is 19.1 Å². The van der Waals surface area contributed by atoms with E-state index in [1.807, 2.05) is 31.2 Å². The SMILES string of the molecule is COc1ccc(C)cc1NC(=O)C(=O)NCCCN1CCOC(c2ccccc2)C1. The maximum absolute atomic E-state index is 12.2. The number of morpholine rings is 1. The first-order valence-corrected chi connectivity index (χ1v) is 10.2. The first kappa shape index (κ1) is 21.8. The summed E-state index contributed by atoms with van der Waals surface area (Å²) in [5.41, 5.74) is 2.63. The molecule has 160 valence electrons. The monoisotopic (exact) mass is 411 g/mol. The Morgan fingerprint density at radius 3 is 2.73 bits per heavy atom. The average molecular weight is 412 g/mol. The van der Waals surface area contributed by atoms with Gasteiger partial charge in [-0.3, -0.25) is 14.5 Å². The van der Waals surface area contributed by atoms with Crippen LogP contribution in [0.2, 0.25) is 0 Å². The maximum atomic E-state index is 12.2. The van der Waals surface area contributed by atoms with Crippen molar-refractivity contribution in [2.75, 3.05) is 45.2 Å². The van der Waals surface area contributed by atoms with Gasteiger partial charge in [-0.05, 0) is 36.6 Å². The number of rotatable bonds is 7. The van der Waals surface area contributed by atoms with E-state index in [4.69, 9.17) is 9.47 Å². The predicted molar refractivity (Wildman–Crippen MR) is 116 cm³/mol. The summed E-state index contributed by atoms with van der Waals surface area (Å²) in [7, 11) is 1.52. The zero-order valence-electron chi connectivity index (χ0n) is 17.5. The number of nitrogens with zero attached hydrogens (tertiary/aromatic N) is 1. The van der Waals surface area contributed by atoms with E-state index < -0.39 is 11.8 Å². The van der Waals surface area contributed by atoms with Crippen molar-refractivity contribution in [1.29, 1.82) is 0 Å². The minimum Gasteiger partial charge on any atom is -0.495 e. The fourth-order valence-corrected chi connectivity index (χ4v) is 3.46. The molecule has 0 spiro atoms. The Bertz CT molecular complexity index is 857. The molecule has 7 heteroatoms. The summed E-state index contributed by atoms with van der Waals surface area (Å²) < 4.78 is 11.1. The molecule has 0 saturated carbocycles. The highest BCUT2D eigenvalue weighted by Crippen LogP contribution is 2.25. The second-order valence-electron chi connectivity index (χ2n) is 7.34. The third-order valence-corrected chi connectivity index (χ3v) is 5.07. The second-order valence-corrected chi connectivity index (χ2v) is 7.34. The topological polar surface area (TPSA) is 79.9 Å². The lowest BCUT2D eigenvalue weighted by molar-refractivity contribution is -0.136. The minimum absolute atomic E-state index is 0.0737. The summed E-state index contributed by atoms with van der Waals surface area (Å²) in [6.45, 7) is 5.55. The standard InChI is InChI=1S/C23H29N3O4/c1-17-9-10-20(29-2)19(15-17)25-23(28)22(27)24-11-6-12-26-13-14-30-21(16-26)18-7-4-3-5-8-18/h3-5,7-10,15,21H,6,11-14,16H2,1-2H3,(H,24,27)(H,25,28). The lowest BCUT2D eigenvalue weighted by Crippen LogP contribution is -2.41. The Morgan fingerprint density at radius 1 is 1.17 bits per heavy atom. The van der Waals surface area contributed by atoms with E-state index in [0.29, 0.717) is 24.6 Å². The summed E-state index contributed by atoms with van der Waals surface area (Å²) in [4.78, 5) is 26.6. The van der Waals surface area contributed by atoms with Gasteiger partial charge in [-0.25, -0.2) is 0 Å². The van der Waals surface area contributed by atoms with Gasteiger partial charge in [-0.2, -0.15) is 0 Å². The Labute approximate surface area is 177 Å². The van der Waals surface area contributed by atoms with Crippen molar-refractivity contribution in [2.45, 2.75) is 19.4 Å². The summed E-state index contributed by atoms with van der Waals surface area (Å²) in [5.74, 6) is -0.834. The van der Waals surface area contributed by atoms with E-state index in [1.54, 1.807) is 12.1 Å². The van der Waals surface area contributed by atoms with E-state index in [0.717, 1.165) is 31.6 Å². The zero-order valence-corrected chi connectivity index (χ0v) is 17.5. The van der Waals surface area contributed by atoms with E-state index >= 15 is 0 Å². The van der Waals surface area contributed by atoms with Gasteiger partial charge in [0.15, 0.2) is 0 Å². The molecule has 1 aliphatic heterocycles. The number of benzene rings is 2. The predicted octanol–water partition coefficient (Wildman–Crippen LogP) is 2.52. The van der Waals surface area contributed by atoms with Crippen LogP contribution in [0.15, 0.2) is 48.5 Å². The van der Waals surface area contributed by atoms with Gasteiger partial charge in [0.05, 0.1) is 25.5 Å². The number of amides is 2. The van der Waals surface area contributed by atoms with Crippen LogP contribution < -0.4 is 15.4 Å². The highest BCUT2D eigenvalue weighted by molar-refractivity contribution is 6.39. The molecule has 0 bridgehead atoms. The molecular weight excluding hydrogens is 382 g/mol. The molecule has 2 aromatic rings. The molecule has 7 nitrogen and oxygen atoms in total. The molecule has 2 aromatic carbocycles. The average Bonchev–Trinajstić information content (AvgIpc) is 2.77. The number of anilines is 1. The number of nitrogens with one attached hydrogen (secondary N) is 2. The number of carbonyl (C=O) groups excluding carboxylic acids is 2. The lowest BCUT2D eigenvalue weighted by atomic mass is 10.1. The molecule has 1 heterocycles. The molecule has 1 fully saturated rings. The molecule has 1 aliphatic rings. The molecule has 0 aromatic heterocycles. The first-order chi connectivity index (χ1) is 14.6. The van der Waals surface area contributed by atoms with Crippen LogP contribution in [0, 0.1) is 6.92 Å². The molecule has 1 unspecified atom stereocenters. The Hall–Kier alpha value is -2.90. The molecule has 1 atom stereocenters. The number of ether oxygens (including phenoxy) is 2. The molecule has 2 N–H and O–H groups in total. The van der Waals surface area contributed by atoms with Crippen LogP contribution in [-0.2, 0) is 14.3 Å². The van der Waals surface area contributed by atoms with Crippen LogP contribution in [-0.4, -0.2) is 56.6 Å². The highest BCUT2D eigenvalue weighted by atomic mass is 16.5. The van der Waals surface area contributed by atoms with Crippen LogP contribution in [0.5, 0.6) is 5.75 Å². The number of hydrogen-bond acceptors (Lipinski definition) is 5. The lowest BCUT2D eigenvalue weighted by Gasteiger charge is -2.33. The summed E-state index contributed by atoms with van der Waals surface area (Å²) >= 11 is 0. The number of hydrogen-bond donors (Lipinski definition) is 2. The highest BCUT2D eigenvalue weighted by Gasteiger charge is 2.21. The Kier molecular flexibility index (Phi) is 7.82. The molecule has 1 saturated heterocycles. The van der Waals surface area contributed by atoms with Crippen molar-refractivity contribution >= 4 is 17.5 Å². The van der Waals surface area contributed by atoms with E-state index in [1.165, 1.54) is 12.7 Å². The van der Waals surface area contributed by atoms with Gasteiger partial charge in [0, 0.05) is 26.2 Å². The molecule has 30 heavy (non-hydrogen) atoms. The van der Waals surface area contributed by atoms with Crippen molar-refractivity contribution in [3.63, 3.8) is 0 Å². The third-order valence-electron chi connectivity index (χ3n) is 5.07. The fraction of sp³-hybridized carbons (Fsp3) is 0.391. The maximum Gasteiger partial charge on any atom is 0.313 e. The van der Waals surface area contributed by atoms with E-state index in [-0.39, 0.29) is 6.10 Å². The fourth-order valence-electron chi connectivity index (χ4n) is 3.46. The molecule has 2 amide bonds. The van der Waals surface area contributed by atoms with Crippen LogP contribution >= 0.6 is 0 Å². The van der Waals surface area contributed by atoms with Crippen molar-refractivity contribution in [2.24, 2.45) is 0 Å². The smallest absolute Gasteiger partial charge is 0.313 e. The van der Waals surface area contributed by atoms with Crippen LogP contribution in [0.25, 0.3) is 0 Å². The van der Waals surface area contributed by atoms with Crippen molar-refractivity contribution in [3.05, 3.63) is 59.7 Å². The van der Waals surface area contributed by atoms with Gasteiger partial charge < -0.3 is 20.1 Å². The number of methoxy groups -OCH3 is 1. The normalized spacial score (nSPS) is 16.7. The first-order valence-electron chi connectivity index (χ1n) is 10.2. The molecular formula is C23H29N3O4. The largest absolute Gasteiger partial charge is 0.495 e. The van der Waals surface area contributed by atoms with Crippen LogP contribution in [0.4, 0.5) is 5.69 Å². The van der Waals surface area contributed by atoms with Crippen LogP contribution in [0.3, 0.4) is 0 Å². The quantitative estimate of drug-likeness (QED) is 0.541. The second kappa shape index (κ2) is 10.8. The third kappa shape index (κ3) is 6.05. The van der Waals surface area contributed by atoms with Gasteiger partial charge in [0.25, 0.3) is 0 Å². The van der Waals surface area contributed by atoms with Gasteiger partial charge in [-0.1, -0.05) is 36.4 Å². The van der Waals surface area contributed by atoms with Gasteiger partial charge in [0.1, 0.15) is 5.75 Å². The van der Waals surface area contributed by atoms with Gasteiger partial charge in [0.2, 0.25) is 0 Å². The minimum atomic E-state index is -0.700. The molecule has 3 rings (SSSR count). The molecule has 0 radical (unpaired) electrons. The Morgan fingerprint density at radius 2 is 1.97 bits per heavy atom. The van der Waals surface area contributed by atoms with E-state index in [2.05, 4.69) is 27.7 Å². The number of carbonyl (C=O) groups is 2. The van der Waals surface area contributed by atoms with E-state index in [9.17, 15) is 9.59 Å². The van der Waals surface area contributed by atoms with Crippen molar-refractivity contribution in [3.8, 4) is 5.75 Å². The van der Waals surface area contributed by atoms with Gasteiger partial charge in [-0.15, -0.1) is 0 Å². The Balaban J connectivity index is 1.40. The summed E-state index contributed by atoms with van der Waals surface area (Å²) in [6, 6.07) is 15.6. The summed E-state index contributed by atoms with van der Waals surface area (Å²) in [5, 5.41) is 5.30. The molecule has 0 aliphatic carbocycles. The number of aryl methyl sites for hydroxylation is 1. The van der Waals surface area contributed by atoms with Crippen LogP contribution in [0.1, 0.15) is 23.7 Å². The van der Waals surface area contributed by atoms with Crippen molar-refractivity contribution in [1.82, 2.24) is 10.2 Å². The zero-order chi connectivity index (χ0) is 21.3. The summed E-state index contributed by atoms with van der Waals surface area (Å²) in [6.07, 6.45) is 0.832. The van der Waals surface area contributed by atoms with Gasteiger partial charge >= 0.3 is 11.8 Å².